The van der Waals surface area contributed by atoms with Crippen molar-refractivity contribution in [2.24, 2.45) is 5.73 Å². The molecule has 4 N–H and O–H groups in total. The molecule has 0 aromatic rings. The number of hydrogen-bond acceptors (Lipinski definition) is 3. The summed E-state index contributed by atoms with van der Waals surface area (Å²) in [5.74, 6) is -1.23. The van der Waals surface area contributed by atoms with Crippen molar-refractivity contribution in [1.82, 2.24) is 5.32 Å². The van der Waals surface area contributed by atoms with Crippen molar-refractivity contribution in [3.05, 3.63) is 0 Å². The van der Waals surface area contributed by atoms with Crippen LogP contribution in [0.25, 0.3) is 0 Å². The molecule has 1 fully saturated rings. The molecule has 0 aliphatic heterocycles. The molecule has 0 saturated heterocycles. The van der Waals surface area contributed by atoms with Gasteiger partial charge in [0, 0.05) is 12.5 Å². The van der Waals surface area contributed by atoms with Gasteiger partial charge in [0.05, 0.1) is 5.54 Å². The predicted octanol–water partition coefficient (Wildman–Crippen LogP) is 1.02. The number of nitrogens with one attached hydrogen (secondary N) is 1. The summed E-state index contributed by atoms with van der Waals surface area (Å²) in [4.78, 5) is 22.0. The first-order valence-electron chi connectivity index (χ1n) is 6.23. The van der Waals surface area contributed by atoms with Crippen molar-refractivity contribution in [2.75, 3.05) is 0 Å². The standard InChI is InChI=1S/C12H22N2O3/c1-12(11(13)17,8-4-7-10(15)16)14-9-5-2-3-6-9/h9,14H,2-8H2,1H3,(H2,13,17)(H,15,16). The smallest absolute Gasteiger partial charge is 0.303 e. The van der Waals surface area contributed by atoms with Crippen LogP contribution in [0.4, 0.5) is 0 Å². The van der Waals surface area contributed by atoms with Crippen molar-refractivity contribution in [2.45, 2.75) is 63.5 Å². The lowest BCUT2D eigenvalue weighted by molar-refractivity contribution is -0.137. The molecule has 1 atom stereocenters. The first-order valence-corrected chi connectivity index (χ1v) is 6.23. The Bertz CT molecular complexity index is 287. The van der Waals surface area contributed by atoms with Gasteiger partial charge >= 0.3 is 5.97 Å². The monoisotopic (exact) mass is 242 g/mol. The molecule has 0 bridgehead atoms. The van der Waals surface area contributed by atoms with Crippen molar-refractivity contribution >= 4 is 11.9 Å². The molecule has 0 radical (unpaired) electrons. The van der Waals surface area contributed by atoms with E-state index in [-0.39, 0.29) is 6.42 Å². The lowest BCUT2D eigenvalue weighted by Gasteiger charge is -2.31. The van der Waals surface area contributed by atoms with Crippen molar-refractivity contribution in [1.29, 1.82) is 0 Å². The van der Waals surface area contributed by atoms with Gasteiger partial charge in [-0.3, -0.25) is 9.59 Å². The number of carboxylic acid groups (broad SMARTS) is 1. The van der Waals surface area contributed by atoms with Crippen molar-refractivity contribution in [3.63, 3.8) is 0 Å². The maximum absolute atomic E-state index is 11.5. The largest absolute Gasteiger partial charge is 0.481 e. The molecule has 0 spiro atoms. The van der Waals surface area contributed by atoms with Crippen LogP contribution in [0.3, 0.4) is 0 Å². The third-order valence-corrected chi connectivity index (χ3v) is 3.49. The van der Waals surface area contributed by atoms with Crippen molar-refractivity contribution < 1.29 is 14.7 Å². The molecule has 0 aromatic heterocycles. The Morgan fingerprint density at radius 1 is 1.41 bits per heavy atom. The number of primary amides is 1. The summed E-state index contributed by atoms with van der Waals surface area (Å²) in [6, 6.07) is 0.345. The van der Waals surface area contributed by atoms with Gasteiger partial charge in [-0.15, -0.1) is 0 Å². The maximum atomic E-state index is 11.5. The molecule has 98 valence electrons. The zero-order valence-electron chi connectivity index (χ0n) is 10.4. The predicted molar refractivity (Wildman–Crippen MR) is 64.5 cm³/mol. The van der Waals surface area contributed by atoms with Crippen LogP contribution in [0.2, 0.25) is 0 Å². The molecule has 1 rings (SSSR count). The third kappa shape index (κ3) is 4.34. The molecule has 1 unspecified atom stereocenters. The minimum Gasteiger partial charge on any atom is -0.481 e. The zero-order valence-corrected chi connectivity index (χ0v) is 10.4. The summed E-state index contributed by atoms with van der Waals surface area (Å²) in [5, 5.41) is 11.9. The Kier molecular flexibility index (Phi) is 4.93. The molecular weight excluding hydrogens is 220 g/mol. The molecule has 0 aromatic carbocycles. The summed E-state index contributed by atoms with van der Waals surface area (Å²) >= 11 is 0. The van der Waals surface area contributed by atoms with Gasteiger partial charge in [0.15, 0.2) is 0 Å². The minimum atomic E-state index is -0.835. The Morgan fingerprint density at radius 3 is 2.47 bits per heavy atom. The topological polar surface area (TPSA) is 92.4 Å². The lowest BCUT2D eigenvalue weighted by atomic mass is 9.92. The van der Waals surface area contributed by atoms with E-state index in [2.05, 4.69) is 5.32 Å². The van der Waals surface area contributed by atoms with E-state index in [4.69, 9.17) is 10.8 Å². The van der Waals surface area contributed by atoms with Gasteiger partial charge in [-0.1, -0.05) is 12.8 Å². The minimum absolute atomic E-state index is 0.0786. The van der Waals surface area contributed by atoms with E-state index in [1.54, 1.807) is 6.92 Å². The summed E-state index contributed by atoms with van der Waals surface area (Å²) in [6.45, 7) is 1.77. The first kappa shape index (κ1) is 14.0. The molecule has 5 nitrogen and oxygen atoms in total. The maximum Gasteiger partial charge on any atom is 0.303 e. The van der Waals surface area contributed by atoms with Gasteiger partial charge in [0.2, 0.25) is 5.91 Å². The molecule has 5 heteroatoms. The second kappa shape index (κ2) is 6.00. The quantitative estimate of drug-likeness (QED) is 0.621. The van der Waals surface area contributed by atoms with Crippen LogP contribution in [0, 0.1) is 0 Å². The number of aliphatic carboxylic acids is 1. The van der Waals surface area contributed by atoms with Crippen LogP contribution in [0.15, 0.2) is 0 Å². The lowest BCUT2D eigenvalue weighted by Crippen LogP contribution is -2.56. The fraction of sp³-hybridized carbons (Fsp3) is 0.833. The van der Waals surface area contributed by atoms with E-state index >= 15 is 0 Å². The van der Waals surface area contributed by atoms with Gasteiger partial charge in [-0.05, 0) is 32.6 Å². The van der Waals surface area contributed by atoms with Crippen LogP contribution in [0.1, 0.15) is 51.9 Å². The fourth-order valence-corrected chi connectivity index (χ4v) is 2.38. The third-order valence-electron chi connectivity index (χ3n) is 3.49. The highest BCUT2D eigenvalue weighted by molar-refractivity contribution is 5.84. The number of hydrogen-bond donors (Lipinski definition) is 3. The SMILES string of the molecule is CC(CCCC(=O)O)(NC1CCCC1)C(N)=O. The average molecular weight is 242 g/mol. The number of nitrogens with two attached hydrogens (primary N) is 1. The summed E-state index contributed by atoms with van der Waals surface area (Å²) in [5.41, 5.74) is 4.64. The van der Waals surface area contributed by atoms with E-state index in [9.17, 15) is 9.59 Å². The zero-order chi connectivity index (χ0) is 12.9. The highest BCUT2D eigenvalue weighted by Gasteiger charge is 2.33. The van der Waals surface area contributed by atoms with Gasteiger partial charge in [-0.2, -0.15) is 0 Å². The van der Waals surface area contributed by atoms with Crippen LogP contribution in [-0.2, 0) is 9.59 Å². The van der Waals surface area contributed by atoms with E-state index in [0.717, 1.165) is 12.8 Å². The van der Waals surface area contributed by atoms with Gasteiger partial charge < -0.3 is 16.2 Å². The summed E-state index contributed by atoms with van der Waals surface area (Å²) in [6.07, 6.45) is 5.53. The Balaban J connectivity index is 2.48. The summed E-state index contributed by atoms with van der Waals surface area (Å²) < 4.78 is 0. The molecule has 1 aliphatic rings. The normalized spacial score (nSPS) is 20.1. The van der Waals surface area contributed by atoms with Gasteiger partial charge in [0.1, 0.15) is 0 Å². The van der Waals surface area contributed by atoms with E-state index < -0.39 is 17.4 Å². The second-order valence-electron chi connectivity index (χ2n) is 5.07. The Hall–Kier alpha value is -1.10. The van der Waals surface area contributed by atoms with Crippen LogP contribution >= 0.6 is 0 Å². The molecular formula is C12H22N2O3. The molecule has 1 aliphatic carbocycles. The number of rotatable bonds is 7. The number of amides is 1. The first-order chi connectivity index (χ1) is 7.94. The van der Waals surface area contributed by atoms with Crippen molar-refractivity contribution in [3.8, 4) is 0 Å². The average Bonchev–Trinajstić information content (AvgIpc) is 2.69. The molecule has 1 amide bonds. The number of carbonyl (C=O) groups excluding carboxylic acids is 1. The van der Waals surface area contributed by atoms with Crippen LogP contribution in [0.5, 0.6) is 0 Å². The van der Waals surface area contributed by atoms with Crippen LogP contribution < -0.4 is 11.1 Å². The summed E-state index contributed by atoms with van der Waals surface area (Å²) in [7, 11) is 0. The number of carbonyl (C=O) groups is 2. The Labute approximate surface area is 102 Å². The van der Waals surface area contributed by atoms with E-state index in [1.807, 2.05) is 0 Å². The van der Waals surface area contributed by atoms with Gasteiger partial charge in [-0.25, -0.2) is 0 Å². The fourth-order valence-electron chi connectivity index (χ4n) is 2.38. The number of carboxylic acids is 1. The van der Waals surface area contributed by atoms with Gasteiger partial charge in [0.25, 0.3) is 0 Å². The van der Waals surface area contributed by atoms with E-state index in [0.29, 0.717) is 18.9 Å². The highest BCUT2D eigenvalue weighted by atomic mass is 16.4. The Morgan fingerprint density at radius 2 is 2.00 bits per heavy atom. The molecule has 1 saturated carbocycles. The highest BCUT2D eigenvalue weighted by Crippen LogP contribution is 2.23. The molecule has 17 heavy (non-hydrogen) atoms. The second-order valence-corrected chi connectivity index (χ2v) is 5.07. The van der Waals surface area contributed by atoms with E-state index in [1.165, 1.54) is 12.8 Å². The van der Waals surface area contributed by atoms with Crippen LogP contribution in [-0.4, -0.2) is 28.6 Å². The molecule has 0 heterocycles.